The van der Waals surface area contributed by atoms with Crippen LogP contribution >= 0.6 is 0 Å². The number of benzene rings is 1. The Kier molecular flexibility index (Phi) is 3.09. The highest BCUT2D eigenvalue weighted by Crippen LogP contribution is 2.18. The zero-order valence-corrected chi connectivity index (χ0v) is 9.56. The predicted octanol–water partition coefficient (Wildman–Crippen LogP) is 2.24. The van der Waals surface area contributed by atoms with Crippen LogP contribution in [0.2, 0.25) is 0 Å². The van der Waals surface area contributed by atoms with Crippen molar-refractivity contribution in [3.63, 3.8) is 0 Å². The topological polar surface area (TPSA) is 64.4 Å². The van der Waals surface area contributed by atoms with E-state index < -0.39 is 0 Å². The summed E-state index contributed by atoms with van der Waals surface area (Å²) in [5.74, 6) is 0.432. The molecule has 1 N–H and O–H groups in total. The van der Waals surface area contributed by atoms with Crippen molar-refractivity contribution in [3.8, 4) is 5.75 Å². The van der Waals surface area contributed by atoms with Gasteiger partial charge >= 0.3 is 0 Å². The van der Waals surface area contributed by atoms with Gasteiger partial charge in [0, 0.05) is 11.8 Å². The summed E-state index contributed by atoms with van der Waals surface area (Å²) in [6.45, 7) is 1.71. The molecule has 0 bridgehead atoms. The minimum Gasteiger partial charge on any atom is -0.497 e. The van der Waals surface area contributed by atoms with Crippen LogP contribution in [0.5, 0.6) is 5.75 Å². The molecule has 0 fully saturated rings. The van der Waals surface area contributed by atoms with Crippen molar-refractivity contribution in [2.24, 2.45) is 0 Å². The summed E-state index contributed by atoms with van der Waals surface area (Å²) in [5.41, 5.74) is 1.65. The third-order valence-electron chi connectivity index (χ3n) is 2.32. The fourth-order valence-corrected chi connectivity index (χ4v) is 1.41. The van der Waals surface area contributed by atoms with Gasteiger partial charge in [-0.05, 0) is 19.1 Å². The SMILES string of the molecule is COc1cccc(NC(=O)c2conc2C)c1. The number of aryl methyl sites for hydroxylation is 1. The van der Waals surface area contributed by atoms with Crippen LogP contribution in [0.15, 0.2) is 35.1 Å². The molecule has 88 valence electrons. The average Bonchev–Trinajstić information content (AvgIpc) is 2.76. The van der Waals surface area contributed by atoms with Gasteiger partial charge in [0.1, 0.15) is 17.6 Å². The Morgan fingerprint density at radius 2 is 2.29 bits per heavy atom. The van der Waals surface area contributed by atoms with Crippen LogP contribution < -0.4 is 10.1 Å². The maximum absolute atomic E-state index is 11.8. The highest BCUT2D eigenvalue weighted by atomic mass is 16.5. The lowest BCUT2D eigenvalue weighted by Gasteiger charge is -2.05. The largest absolute Gasteiger partial charge is 0.497 e. The third kappa shape index (κ3) is 2.44. The van der Waals surface area contributed by atoms with E-state index in [1.165, 1.54) is 6.26 Å². The summed E-state index contributed by atoms with van der Waals surface area (Å²) in [7, 11) is 1.57. The van der Waals surface area contributed by atoms with E-state index in [2.05, 4.69) is 10.5 Å². The lowest BCUT2D eigenvalue weighted by molar-refractivity contribution is 0.102. The van der Waals surface area contributed by atoms with Crippen molar-refractivity contribution in [2.45, 2.75) is 6.92 Å². The smallest absolute Gasteiger partial charge is 0.260 e. The van der Waals surface area contributed by atoms with Gasteiger partial charge in [0.05, 0.1) is 12.8 Å². The molecular weight excluding hydrogens is 220 g/mol. The highest BCUT2D eigenvalue weighted by Gasteiger charge is 2.12. The second-order valence-electron chi connectivity index (χ2n) is 3.50. The molecule has 0 saturated heterocycles. The van der Waals surface area contributed by atoms with Crippen molar-refractivity contribution >= 4 is 11.6 Å². The number of carbonyl (C=O) groups is 1. The summed E-state index contributed by atoms with van der Waals surface area (Å²) >= 11 is 0. The standard InChI is InChI=1S/C12H12N2O3/c1-8-11(7-17-14-8)12(15)13-9-4-3-5-10(6-9)16-2/h3-7H,1-2H3,(H,13,15). The molecule has 1 heterocycles. The molecule has 1 amide bonds. The number of hydrogen-bond donors (Lipinski definition) is 1. The van der Waals surface area contributed by atoms with E-state index in [1.807, 2.05) is 0 Å². The van der Waals surface area contributed by atoms with E-state index in [-0.39, 0.29) is 5.91 Å². The molecule has 5 nitrogen and oxygen atoms in total. The first-order valence-electron chi connectivity index (χ1n) is 5.07. The molecular formula is C12H12N2O3. The van der Waals surface area contributed by atoms with Crippen molar-refractivity contribution < 1.29 is 14.1 Å². The molecule has 2 rings (SSSR count). The summed E-state index contributed by atoms with van der Waals surface area (Å²) in [6, 6.07) is 7.12. The average molecular weight is 232 g/mol. The lowest BCUT2D eigenvalue weighted by Crippen LogP contribution is -2.12. The Hall–Kier alpha value is -2.30. The zero-order valence-electron chi connectivity index (χ0n) is 9.56. The minimum atomic E-state index is -0.253. The molecule has 5 heteroatoms. The molecule has 2 aromatic rings. The minimum absolute atomic E-state index is 0.253. The Morgan fingerprint density at radius 1 is 1.47 bits per heavy atom. The van der Waals surface area contributed by atoms with E-state index in [0.29, 0.717) is 22.7 Å². The van der Waals surface area contributed by atoms with Crippen LogP contribution in [-0.2, 0) is 0 Å². The van der Waals surface area contributed by atoms with Gasteiger partial charge in [-0.25, -0.2) is 0 Å². The molecule has 0 atom stereocenters. The Bertz CT molecular complexity index is 534. The number of amides is 1. The van der Waals surface area contributed by atoms with Gasteiger partial charge in [0.2, 0.25) is 0 Å². The van der Waals surface area contributed by atoms with Crippen LogP contribution in [0.25, 0.3) is 0 Å². The van der Waals surface area contributed by atoms with Crippen LogP contribution in [-0.4, -0.2) is 18.2 Å². The van der Waals surface area contributed by atoms with Crippen molar-refractivity contribution in [2.75, 3.05) is 12.4 Å². The first kappa shape index (κ1) is 11.2. The second kappa shape index (κ2) is 4.69. The molecule has 0 aliphatic rings. The normalized spacial score (nSPS) is 10.0. The number of methoxy groups -OCH3 is 1. The van der Waals surface area contributed by atoms with Gasteiger partial charge in [-0.15, -0.1) is 0 Å². The summed E-state index contributed by atoms with van der Waals surface area (Å²) in [6.07, 6.45) is 1.32. The summed E-state index contributed by atoms with van der Waals surface area (Å²) in [4.78, 5) is 11.8. The van der Waals surface area contributed by atoms with Crippen LogP contribution in [0.4, 0.5) is 5.69 Å². The Balaban J connectivity index is 2.16. The quantitative estimate of drug-likeness (QED) is 0.881. The fourth-order valence-electron chi connectivity index (χ4n) is 1.41. The molecule has 0 radical (unpaired) electrons. The lowest BCUT2D eigenvalue weighted by atomic mass is 10.2. The molecule has 0 aliphatic heterocycles. The van der Waals surface area contributed by atoms with E-state index in [0.717, 1.165) is 0 Å². The highest BCUT2D eigenvalue weighted by molar-refractivity contribution is 6.04. The van der Waals surface area contributed by atoms with E-state index in [4.69, 9.17) is 9.26 Å². The number of hydrogen-bond acceptors (Lipinski definition) is 4. The molecule has 1 aromatic carbocycles. The number of rotatable bonds is 3. The zero-order chi connectivity index (χ0) is 12.3. The van der Waals surface area contributed by atoms with E-state index >= 15 is 0 Å². The molecule has 0 spiro atoms. The Labute approximate surface area is 98.4 Å². The van der Waals surface area contributed by atoms with E-state index in [9.17, 15) is 4.79 Å². The van der Waals surface area contributed by atoms with Gasteiger partial charge in [-0.1, -0.05) is 11.2 Å². The van der Waals surface area contributed by atoms with E-state index in [1.54, 1.807) is 38.3 Å². The summed E-state index contributed by atoms with van der Waals surface area (Å²) < 4.78 is 9.78. The molecule has 0 saturated carbocycles. The maximum Gasteiger partial charge on any atom is 0.260 e. The van der Waals surface area contributed by atoms with Crippen molar-refractivity contribution in [1.82, 2.24) is 5.16 Å². The number of aromatic nitrogens is 1. The summed E-state index contributed by atoms with van der Waals surface area (Å²) in [5, 5.41) is 6.39. The molecule has 1 aromatic heterocycles. The second-order valence-corrected chi connectivity index (χ2v) is 3.50. The van der Waals surface area contributed by atoms with Gasteiger partial charge in [0.25, 0.3) is 5.91 Å². The van der Waals surface area contributed by atoms with Gasteiger partial charge in [-0.3, -0.25) is 4.79 Å². The molecule has 17 heavy (non-hydrogen) atoms. The molecule has 0 unspecified atom stereocenters. The monoisotopic (exact) mass is 232 g/mol. The number of nitrogens with zero attached hydrogens (tertiary/aromatic N) is 1. The van der Waals surface area contributed by atoms with Crippen molar-refractivity contribution in [3.05, 3.63) is 41.8 Å². The fraction of sp³-hybridized carbons (Fsp3) is 0.167. The van der Waals surface area contributed by atoms with Gasteiger partial charge in [0.15, 0.2) is 0 Å². The van der Waals surface area contributed by atoms with Crippen LogP contribution in [0.3, 0.4) is 0 Å². The van der Waals surface area contributed by atoms with Crippen LogP contribution in [0, 0.1) is 6.92 Å². The number of carbonyl (C=O) groups excluding carboxylic acids is 1. The van der Waals surface area contributed by atoms with Gasteiger partial charge < -0.3 is 14.6 Å². The Morgan fingerprint density at radius 3 is 2.94 bits per heavy atom. The van der Waals surface area contributed by atoms with Crippen molar-refractivity contribution in [1.29, 1.82) is 0 Å². The number of nitrogens with one attached hydrogen (secondary N) is 1. The predicted molar refractivity (Wildman–Crippen MR) is 62.2 cm³/mol. The third-order valence-corrected chi connectivity index (χ3v) is 2.32. The first-order valence-corrected chi connectivity index (χ1v) is 5.07. The maximum atomic E-state index is 11.8. The first-order chi connectivity index (χ1) is 8.20. The van der Waals surface area contributed by atoms with Crippen LogP contribution in [0.1, 0.15) is 16.1 Å². The molecule has 0 aliphatic carbocycles. The number of anilines is 1. The van der Waals surface area contributed by atoms with Gasteiger partial charge in [-0.2, -0.15) is 0 Å². The number of ether oxygens (including phenoxy) is 1.